The average molecular weight is 411 g/mol. The number of anilines is 1. The van der Waals surface area contributed by atoms with Gasteiger partial charge in [-0.1, -0.05) is 31.2 Å². The molecule has 1 aliphatic rings. The van der Waals surface area contributed by atoms with E-state index in [2.05, 4.69) is 15.2 Å². The van der Waals surface area contributed by atoms with Crippen molar-refractivity contribution in [1.29, 1.82) is 0 Å². The lowest BCUT2D eigenvalue weighted by Gasteiger charge is -2.19. The number of amides is 1. The zero-order chi connectivity index (χ0) is 20.5. The van der Waals surface area contributed by atoms with Gasteiger partial charge in [0.15, 0.2) is 0 Å². The van der Waals surface area contributed by atoms with Crippen molar-refractivity contribution in [2.75, 3.05) is 4.72 Å². The van der Waals surface area contributed by atoms with Crippen molar-refractivity contribution in [2.24, 2.45) is 11.0 Å². The van der Waals surface area contributed by atoms with E-state index >= 15 is 0 Å². The maximum atomic E-state index is 13.1. The van der Waals surface area contributed by atoms with E-state index in [-0.39, 0.29) is 23.9 Å². The van der Waals surface area contributed by atoms with E-state index in [1.165, 1.54) is 18.2 Å². The molecule has 6 nitrogen and oxygen atoms in total. The number of rotatable bonds is 4. The Hall–Kier alpha value is -2.88. The summed E-state index contributed by atoms with van der Waals surface area (Å²) in [5.41, 5.74) is 2.56. The van der Waals surface area contributed by atoms with Crippen LogP contribution < -0.4 is 10.1 Å². The van der Waals surface area contributed by atoms with Crippen LogP contribution in [0.25, 0.3) is 0 Å². The highest BCUT2D eigenvalue weighted by molar-refractivity contribution is 7.92. The summed E-state index contributed by atoms with van der Waals surface area (Å²) >= 11 is 0. The fourth-order valence-electron chi connectivity index (χ4n) is 2.86. The van der Waals surface area contributed by atoms with E-state index in [1.807, 2.05) is 6.92 Å². The Morgan fingerprint density at radius 3 is 2.36 bits per heavy atom. The van der Waals surface area contributed by atoms with Gasteiger partial charge in [-0.2, -0.15) is 18.3 Å². The Bertz CT molecular complexity index is 1030. The standard InChI is InChI=1S/C18H16F3N3O3S/c1-11-10-16(25)22-23-17(11)12-6-8-13(9-7-12)24-28(26,27)15-5-3-2-4-14(15)18(19,20)21/h2-9,11,24H,10H2,1H3,(H,22,25). The molecule has 28 heavy (non-hydrogen) atoms. The molecule has 0 saturated heterocycles. The van der Waals surface area contributed by atoms with Crippen molar-refractivity contribution in [1.82, 2.24) is 5.43 Å². The number of benzene rings is 2. The summed E-state index contributed by atoms with van der Waals surface area (Å²) in [6, 6.07) is 9.99. The fourth-order valence-corrected chi connectivity index (χ4v) is 4.14. The maximum Gasteiger partial charge on any atom is 0.417 e. The number of carbonyl (C=O) groups excluding carboxylic acids is 1. The summed E-state index contributed by atoms with van der Waals surface area (Å²) in [5.74, 6) is -0.307. The van der Waals surface area contributed by atoms with Crippen molar-refractivity contribution >= 4 is 27.3 Å². The third-order valence-electron chi connectivity index (χ3n) is 4.17. The quantitative estimate of drug-likeness (QED) is 0.809. The Balaban J connectivity index is 1.86. The lowest BCUT2D eigenvalue weighted by molar-refractivity contribution is -0.139. The monoisotopic (exact) mass is 411 g/mol. The van der Waals surface area contributed by atoms with Crippen molar-refractivity contribution in [2.45, 2.75) is 24.4 Å². The van der Waals surface area contributed by atoms with E-state index < -0.39 is 26.7 Å². The summed E-state index contributed by atoms with van der Waals surface area (Å²) in [6.45, 7) is 1.84. The Labute approximate surface area is 159 Å². The maximum absolute atomic E-state index is 13.1. The van der Waals surface area contributed by atoms with Gasteiger partial charge >= 0.3 is 6.18 Å². The molecule has 0 aromatic heterocycles. The van der Waals surface area contributed by atoms with Crippen LogP contribution in [-0.4, -0.2) is 20.0 Å². The fraction of sp³-hybridized carbons (Fsp3) is 0.222. The van der Waals surface area contributed by atoms with Crippen LogP contribution in [-0.2, 0) is 21.0 Å². The minimum atomic E-state index is -4.80. The zero-order valence-corrected chi connectivity index (χ0v) is 15.4. The molecule has 0 spiro atoms. The molecular formula is C18H16F3N3O3S. The van der Waals surface area contributed by atoms with Crippen molar-refractivity contribution in [3.05, 3.63) is 59.7 Å². The van der Waals surface area contributed by atoms with E-state index in [4.69, 9.17) is 0 Å². The normalized spacial score (nSPS) is 17.6. The van der Waals surface area contributed by atoms with Crippen LogP contribution in [0.1, 0.15) is 24.5 Å². The summed E-state index contributed by atoms with van der Waals surface area (Å²) < 4.78 is 66.4. The molecule has 2 aromatic carbocycles. The second-order valence-electron chi connectivity index (χ2n) is 6.31. The topological polar surface area (TPSA) is 87.6 Å². The molecule has 0 fully saturated rings. The molecule has 0 bridgehead atoms. The first-order chi connectivity index (χ1) is 13.1. The average Bonchev–Trinajstić information content (AvgIpc) is 2.62. The van der Waals surface area contributed by atoms with Crippen molar-refractivity contribution in [3.8, 4) is 0 Å². The van der Waals surface area contributed by atoms with Gasteiger partial charge in [0.2, 0.25) is 5.91 Å². The Kier molecular flexibility index (Phi) is 5.16. The van der Waals surface area contributed by atoms with Gasteiger partial charge in [0.1, 0.15) is 0 Å². The molecule has 1 heterocycles. The van der Waals surface area contributed by atoms with Gasteiger partial charge in [0.05, 0.1) is 16.2 Å². The van der Waals surface area contributed by atoms with Crippen LogP contribution in [0, 0.1) is 5.92 Å². The Morgan fingerprint density at radius 1 is 1.11 bits per heavy atom. The number of sulfonamides is 1. The number of alkyl halides is 3. The number of halogens is 3. The third-order valence-corrected chi connectivity index (χ3v) is 5.61. The van der Waals surface area contributed by atoms with Crippen LogP contribution in [0.2, 0.25) is 0 Å². The molecule has 1 unspecified atom stereocenters. The van der Waals surface area contributed by atoms with E-state index in [0.29, 0.717) is 17.3 Å². The molecular weight excluding hydrogens is 395 g/mol. The smallest absolute Gasteiger partial charge is 0.280 e. The molecule has 148 valence electrons. The first-order valence-corrected chi connectivity index (χ1v) is 9.72. The summed E-state index contributed by atoms with van der Waals surface area (Å²) in [6.07, 6.45) is -4.52. The molecule has 1 amide bonds. The molecule has 0 aliphatic carbocycles. The first-order valence-electron chi connectivity index (χ1n) is 8.24. The molecule has 2 N–H and O–H groups in total. The minimum absolute atomic E-state index is 0.105. The predicted molar refractivity (Wildman–Crippen MR) is 97.2 cm³/mol. The predicted octanol–water partition coefficient (Wildman–Crippen LogP) is 3.37. The van der Waals surface area contributed by atoms with E-state index in [9.17, 15) is 26.4 Å². The Morgan fingerprint density at radius 2 is 1.75 bits per heavy atom. The largest absolute Gasteiger partial charge is 0.417 e. The van der Waals surface area contributed by atoms with Crippen molar-refractivity contribution < 1.29 is 26.4 Å². The highest BCUT2D eigenvalue weighted by Gasteiger charge is 2.36. The molecule has 1 aliphatic heterocycles. The summed E-state index contributed by atoms with van der Waals surface area (Å²) in [5, 5.41) is 4.01. The molecule has 0 saturated carbocycles. The van der Waals surface area contributed by atoms with Crippen LogP contribution >= 0.6 is 0 Å². The highest BCUT2D eigenvalue weighted by Crippen LogP contribution is 2.34. The SMILES string of the molecule is CC1CC(=O)NN=C1c1ccc(NS(=O)(=O)c2ccccc2C(F)(F)F)cc1. The van der Waals surface area contributed by atoms with Gasteiger partial charge in [0, 0.05) is 18.0 Å². The highest BCUT2D eigenvalue weighted by atomic mass is 32.2. The lowest BCUT2D eigenvalue weighted by Crippen LogP contribution is -2.31. The van der Waals surface area contributed by atoms with E-state index in [0.717, 1.165) is 12.1 Å². The molecule has 1 atom stereocenters. The summed E-state index contributed by atoms with van der Waals surface area (Å²) in [4.78, 5) is 10.5. The number of nitrogens with zero attached hydrogens (tertiary/aromatic N) is 1. The molecule has 10 heteroatoms. The second-order valence-corrected chi connectivity index (χ2v) is 7.96. The van der Waals surface area contributed by atoms with Crippen LogP contribution in [0.5, 0.6) is 0 Å². The van der Waals surface area contributed by atoms with Gasteiger partial charge in [-0.05, 0) is 29.8 Å². The lowest BCUT2D eigenvalue weighted by atomic mass is 9.94. The first kappa shape index (κ1) is 19.9. The number of carbonyl (C=O) groups is 1. The number of hydrazone groups is 1. The zero-order valence-electron chi connectivity index (χ0n) is 14.6. The molecule has 3 rings (SSSR count). The minimum Gasteiger partial charge on any atom is -0.280 e. The molecule has 2 aromatic rings. The number of nitrogens with one attached hydrogen (secondary N) is 2. The van der Waals surface area contributed by atoms with Gasteiger partial charge in [-0.25, -0.2) is 13.8 Å². The van der Waals surface area contributed by atoms with Gasteiger partial charge in [-0.15, -0.1) is 0 Å². The second kappa shape index (κ2) is 7.27. The van der Waals surface area contributed by atoms with Crippen molar-refractivity contribution in [3.63, 3.8) is 0 Å². The molecule has 0 radical (unpaired) electrons. The van der Waals surface area contributed by atoms with Crippen LogP contribution in [0.3, 0.4) is 0 Å². The van der Waals surface area contributed by atoms with Crippen LogP contribution in [0.15, 0.2) is 58.5 Å². The summed E-state index contributed by atoms with van der Waals surface area (Å²) in [7, 11) is -4.44. The number of hydrogen-bond donors (Lipinski definition) is 2. The van der Waals surface area contributed by atoms with Gasteiger partial charge in [-0.3, -0.25) is 9.52 Å². The number of hydrogen-bond acceptors (Lipinski definition) is 4. The third kappa shape index (κ3) is 4.16. The van der Waals surface area contributed by atoms with Crippen LogP contribution in [0.4, 0.5) is 18.9 Å². The van der Waals surface area contributed by atoms with Gasteiger partial charge < -0.3 is 0 Å². The van der Waals surface area contributed by atoms with E-state index in [1.54, 1.807) is 12.1 Å². The van der Waals surface area contributed by atoms with Gasteiger partial charge in [0.25, 0.3) is 10.0 Å².